The third kappa shape index (κ3) is 3.23. The lowest BCUT2D eigenvalue weighted by Crippen LogP contribution is -2.39. The SMILES string of the molecule is CCNCc1ccc(N2CCC3(CCCC3)CC2)nc1C. The summed E-state index contributed by atoms with van der Waals surface area (Å²) in [6, 6.07) is 4.46. The molecule has 3 nitrogen and oxygen atoms in total. The summed E-state index contributed by atoms with van der Waals surface area (Å²) >= 11 is 0. The van der Waals surface area contributed by atoms with Crippen molar-refractivity contribution in [2.75, 3.05) is 24.5 Å². The van der Waals surface area contributed by atoms with Crippen molar-refractivity contribution in [1.82, 2.24) is 10.3 Å². The molecule has 0 unspecified atom stereocenters. The van der Waals surface area contributed by atoms with Gasteiger partial charge in [-0.05, 0) is 56.2 Å². The van der Waals surface area contributed by atoms with Crippen LogP contribution in [-0.4, -0.2) is 24.6 Å². The van der Waals surface area contributed by atoms with Crippen LogP contribution in [0.15, 0.2) is 12.1 Å². The summed E-state index contributed by atoms with van der Waals surface area (Å²) in [5.41, 5.74) is 3.19. The Morgan fingerprint density at radius 3 is 2.48 bits per heavy atom. The average molecular weight is 287 g/mol. The zero-order valence-corrected chi connectivity index (χ0v) is 13.6. The van der Waals surface area contributed by atoms with Crippen molar-refractivity contribution in [3.05, 3.63) is 23.4 Å². The van der Waals surface area contributed by atoms with Crippen LogP contribution in [-0.2, 0) is 6.54 Å². The molecule has 2 aliphatic rings. The number of pyridine rings is 1. The molecule has 3 rings (SSSR count). The molecule has 1 N–H and O–H groups in total. The zero-order valence-electron chi connectivity index (χ0n) is 13.6. The summed E-state index contributed by atoms with van der Waals surface area (Å²) in [5, 5.41) is 3.38. The zero-order chi connectivity index (χ0) is 14.7. The van der Waals surface area contributed by atoms with Gasteiger partial charge in [0, 0.05) is 25.3 Å². The van der Waals surface area contributed by atoms with E-state index in [0.717, 1.165) is 13.1 Å². The molecule has 0 aromatic carbocycles. The fourth-order valence-corrected chi connectivity index (χ4v) is 4.03. The first-order chi connectivity index (χ1) is 10.2. The maximum absolute atomic E-state index is 4.85. The Morgan fingerprint density at radius 2 is 1.86 bits per heavy atom. The highest BCUT2D eigenvalue weighted by molar-refractivity contribution is 5.42. The largest absolute Gasteiger partial charge is 0.357 e. The van der Waals surface area contributed by atoms with Crippen molar-refractivity contribution >= 4 is 5.82 Å². The predicted octanol–water partition coefficient (Wildman–Crippen LogP) is 3.66. The molecule has 1 aromatic heterocycles. The van der Waals surface area contributed by atoms with Gasteiger partial charge in [-0.3, -0.25) is 0 Å². The monoisotopic (exact) mass is 287 g/mol. The van der Waals surface area contributed by atoms with Crippen molar-refractivity contribution in [2.24, 2.45) is 5.41 Å². The van der Waals surface area contributed by atoms with E-state index in [9.17, 15) is 0 Å². The fourth-order valence-electron chi connectivity index (χ4n) is 4.03. The standard InChI is InChI=1S/C18H29N3/c1-3-19-14-16-6-7-17(20-15(16)2)21-12-10-18(11-13-21)8-4-5-9-18/h6-7,19H,3-5,8-14H2,1-2H3. The topological polar surface area (TPSA) is 28.2 Å². The summed E-state index contributed by atoms with van der Waals surface area (Å²) in [6.45, 7) is 8.61. The Balaban J connectivity index is 1.63. The molecular formula is C18H29N3. The van der Waals surface area contributed by atoms with Gasteiger partial charge in [0.15, 0.2) is 0 Å². The maximum Gasteiger partial charge on any atom is 0.128 e. The van der Waals surface area contributed by atoms with E-state index in [1.54, 1.807) is 0 Å². The maximum atomic E-state index is 4.85. The Labute approximate surface area is 129 Å². The van der Waals surface area contributed by atoms with E-state index in [1.807, 2.05) is 0 Å². The van der Waals surface area contributed by atoms with Crippen LogP contribution < -0.4 is 10.2 Å². The number of anilines is 1. The van der Waals surface area contributed by atoms with Gasteiger partial charge in [-0.25, -0.2) is 4.98 Å². The van der Waals surface area contributed by atoms with E-state index >= 15 is 0 Å². The minimum atomic E-state index is 0.691. The highest BCUT2D eigenvalue weighted by Gasteiger charge is 2.37. The highest BCUT2D eigenvalue weighted by Crippen LogP contribution is 2.46. The van der Waals surface area contributed by atoms with Gasteiger partial charge in [-0.15, -0.1) is 0 Å². The van der Waals surface area contributed by atoms with Crippen LogP contribution in [0.1, 0.15) is 56.7 Å². The Hall–Kier alpha value is -1.09. The number of aromatic nitrogens is 1. The molecule has 21 heavy (non-hydrogen) atoms. The highest BCUT2D eigenvalue weighted by atomic mass is 15.2. The molecule has 1 saturated carbocycles. The molecule has 1 aliphatic heterocycles. The van der Waals surface area contributed by atoms with Gasteiger partial charge in [0.2, 0.25) is 0 Å². The molecule has 0 atom stereocenters. The van der Waals surface area contributed by atoms with Gasteiger partial charge >= 0.3 is 0 Å². The summed E-state index contributed by atoms with van der Waals surface area (Å²) in [5.74, 6) is 1.18. The Kier molecular flexibility index (Phi) is 4.48. The number of nitrogens with zero attached hydrogens (tertiary/aromatic N) is 2. The van der Waals surface area contributed by atoms with Gasteiger partial charge in [-0.1, -0.05) is 25.8 Å². The molecule has 1 spiro atoms. The average Bonchev–Trinajstić information content (AvgIpc) is 2.95. The number of aryl methyl sites for hydroxylation is 1. The van der Waals surface area contributed by atoms with Crippen LogP contribution in [0.2, 0.25) is 0 Å². The Morgan fingerprint density at radius 1 is 1.14 bits per heavy atom. The van der Waals surface area contributed by atoms with Gasteiger partial charge in [0.1, 0.15) is 5.82 Å². The molecule has 0 bridgehead atoms. The first-order valence-electron chi connectivity index (χ1n) is 8.65. The second-order valence-electron chi connectivity index (χ2n) is 6.89. The predicted molar refractivity (Wildman–Crippen MR) is 88.7 cm³/mol. The smallest absolute Gasteiger partial charge is 0.128 e. The van der Waals surface area contributed by atoms with Crippen LogP contribution >= 0.6 is 0 Å². The summed E-state index contributed by atoms with van der Waals surface area (Å²) in [6.07, 6.45) is 8.58. The van der Waals surface area contributed by atoms with E-state index in [4.69, 9.17) is 4.98 Å². The lowest BCUT2D eigenvalue weighted by molar-refractivity contribution is 0.226. The van der Waals surface area contributed by atoms with E-state index in [0.29, 0.717) is 5.41 Å². The molecule has 1 aliphatic carbocycles. The van der Waals surface area contributed by atoms with Crippen LogP contribution in [0.4, 0.5) is 5.82 Å². The Bertz CT molecular complexity index is 467. The van der Waals surface area contributed by atoms with Crippen molar-refractivity contribution in [3.63, 3.8) is 0 Å². The third-order valence-corrected chi connectivity index (χ3v) is 5.56. The first-order valence-corrected chi connectivity index (χ1v) is 8.65. The number of hydrogen-bond acceptors (Lipinski definition) is 3. The first kappa shape index (κ1) is 14.8. The number of rotatable bonds is 4. The normalized spacial score (nSPS) is 21.1. The van der Waals surface area contributed by atoms with Crippen LogP contribution in [0.25, 0.3) is 0 Å². The van der Waals surface area contributed by atoms with Crippen LogP contribution in [0.5, 0.6) is 0 Å². The lowest BCUT2D eigenvalue weighted by Gasteiger charge is -2.40. The van der Waals surface area contributed by atoms with E-state index in [-0.39, 0.29) is 0 Å². The molecule has 1 saturated heterocycles. The second-order valence-corrected chi connectivity index (χ2v) is 6.89. The van der Waals surface area contributed by atoms with Crippen molar-refractivity contribution < 1.29 is 0 Å². The lowest BCUT2D eigenvalue weighted by atomic mass is 9.77. The summed E-state index contributed by atoms with van der Waals surface area (Å²) < 4.78 is 0. The molecule has 0 amide bonds. The van der Waals surface area contributed by atoms with Crippen molar-refractivity contribution in [1.29, 1.82) is 0 Å². The molecular weight excluding hydrogens is 258 g/mol. The van der Waals surface area contributed by atoms with Gasteiger partial charge in [0.25, 0.3) is 0 Å². The molecule has 0 radical (unpaired) electrons. The van der Waals surface area contributed by atoms with Gasteiger partial charge in [-0.2, -0.15) is 0 Å². The van der Waals surface area contributed by atoms with E-state index < -0.39 is 0 Å². The molecule has 2 fully saturated rings. The molecule has 1 aromatic rings. The van der Waals surface area contributed by atoms with Gasteiger partial charge in [0.05, 0.1) is 0 Å². The van der Waals surface area contributed by atoms with Crippen LogP contribution in [0, 0.1) is 12.3 Å². The van der Waals surface area contributed by atoms with E-state index in [1.165, 1.54) is 68.7 Å². The van der Waals surface area contributed by atoms with E-state index in [2.05, 4.69) is 36.2 Å². The number of nitrogens with one attached hydrogen (secondary N) is 1. The molecule has 2 heterocycles. The summed E-state index contributed by atoms with van der Waals surface area (Å²) in [4.78, 5) is 7.34. The fraction of sp³-hybridized carbons (Fsp3) is 0.722. The molecule has 116 valence electrons. The minimum Gasteiger partial charge on any atom is -0.357 e. The second kappa shape index (κ2) is 6.35. The van der Waals surface area contributed by atoms with Crippen LogP contribution in [0.3, 0.4) is 0 Å². The number of piperidine rings is 1. The minimum absolute atomic E-state index is 0.691. The van der Waals surface area contributed by atoms with Crippen molar-refractivity contribution in [3.8, 4) is 0 Å². The third-order valence-electron chi connectivity index (χ3n) is 5.56. The quantitative estimate of drug-likeness (QED) is 0.916. The summed E-state index contributed by atoms with van der Waals surface area (Å²) in [7, 11) is 0. The molecule has 3 heteroatoms. The number of hydrogen-bond donors (Lipinski definition) is 1. The van der Waals surface area contributed by atoms with Gasteiger partial charge < -0.3 is 10.2 Å². The van der Waals surface area contributed by atoms with Crippen molar-refractivity contribution in [2.45, 2.75) is 58.9 Å².